The normalized spacial score (nSPS) is 15.7. The minimum Gasteiger partial charge on any atom is -0.337 e. The molecule has 9 heteroatoms. The van der Waals surface area contributed by atoms with Crippen molar-refractivity contribution in [3.63, 3.8) is 0 Å². The van der Waals surface area contributed by atoms with Crippen molar-refractivity contribution < 1.29 is 18.1 Å². The van der Waals surface area contributed by atoms with Crippen molar-refractivity contribution in [3.8, 4) is 0 Å². The Morgan fingerprint density at radius 1 is 1.00 bits per heavy atom. The van der Waals surface area contributed by atoms with Crippen LogP contribution in [-0.2, 0) is 10.0 Å². The molecule has 8 nitrogen and oxygen atoms in total. The minimum atomic E-state index is -3.62. The van der Waals surface area contributed by atoms with E-state index in [1.165, 1.54) is 22.5 Å². The van der Waals surface area contributed by atoms with E-state index in [-0.39, 0.29) is 29.6 Å². The lowest BCUT2D eigenvalue weighted by molar-refractivity contribution is -0.385. The van der Waals surface area contributed by atoms with Gasteiger partial charge in [0, 0.05) is 43.4 Å². The molecule has 1 aliphatic rings. The number of carbonyl (C=O) groups is 1. The van der Waals surface area contributed by atoms with E-state index in [9.17, 15) is 23.3 Å². The Kier molecular flexibility index (Phi) is 5.99. The standard InChI is InChI=1S/C20H23N3O5S/c1-15-4-7-18(8-5-15)29(27,28)22-11-3-10-21(12-13-22)20(24)17-6-9-19(23(25)26)16(2)14-17/h4-9,14H,3,10-13H2,1-2H3. The van der Waals surface area contributed by atoms with Crippen molar-refractivity contribution in [2.45, 2.75) is 25.2 Å². The van der Waals surface area contributed by atoms with E-state index in [2.05, 4.69) is 0 Å². The third-order valence-corrected chi connectivity index (χ3v) is 6.95. The Hall–Kier alpha value is -2.78. The molecule has 0 aromatic heterocycles. The van der Waals surface area contributed by atoms with E-state index < -0.39 is 14.9 Å². The fraction of sp³-hybridized carbons (Fsp3) is 0.350. The third kappa shape index (κ3) is 4.46. The number of rotatable bonds is 4. The molecule has 0 spiro atoms. The zero-order valence-corrected chi connectivity index (χ0v) is 17.2. The fourth-order valence-corrected chi connectivity index (χ4v) is 4.84. The first-order chi connectivity index (χ1) is 13.7. The second-order valence-electron chi connectivity index (χ2n) is 7.12. The van der Waals surface area contributed by atoms with Crippen LogP contribution in [0.5, 0.6) is 0 Å². The molecule has 0 unspecified atom stereocenters. The van der Waals surface area contributed by atoms with Crippen LogP contribution in [0.2, 0.25) is 0 Å². The fourth-order valence-electron chi connectivity index (χ4n) is 3.37. The van der Waals surface area contributed by atoms with E-state index in [0.29, 0.717) is 30.6 Å². The number of amides is 1. The molecule has 0 aliphatic carbocycles. The van der Waals surface area contributed by atoms with E-state index >= 15 is 0 Å². The Balaban J connectivity index is 1.74. The molecule has 29 heavy (non-hydrogen) atoms. The number of sulfonamides is 1. The molecule has 2 aromatic rings. The van der Waals surface area contributed by atoms with Crippen molar-refractivity contribution in [1.82, 2.24) is 9.21 Å². The van der Waals surface area contributed by atoms with Gasteiger partial charge in [0.25, 0.3) is 11.6 Å². The van der Waals surface area contributed by atoms with Gasteiger partial charge in [-0.25, -0.2) is 8.42 Å². The molecular formula is C20H23N3O5S. The average molecular weight is 417 g/mol. The number of nitro groups is 1. The summed E-state index contributed by atoms with van der Waals surface area (Å²) in [7, 11) is -3.62. The van der Waals surface area contributed by atoms with Gasteiger partial charge in [0.05, 0.1) is 9.82 Å². The Bertz CT molecular complexity index is 1030. The smallest absolute Gasteiger partial charge is 0.272 e. The lowest BCUT2D eigenvalue weighted by Gasteiger charge is -2.22. The zero-order chi connectivity index (χ0) is 21.2. The zero-order valence-electron chi connectivity index (χ0n) is 16.4. The molecule has 1 aliphatic heterocycles. The number of benzene rings is 2. The Morgan fingerprint density at radius 2 is 1.69 bits per heavy atom. The highest BCUT2D eigenvalue weighted by atomic mass is 32.2. The summed E-state index contributed by atoms with van der Waals surface area (Å²) in [4.78, 5) is 25.2. The van der Waals surface area contributed by atoms with E-state index in [1.807, 2.05) is 6.92 Å². The van der Waals surface area contributed by atoms with Gasteiger partial charge >= 0.3 is 0 Å². The van der Waals surface area contributed by atoms with Crippen LogP contribution in [-0.4, -0.2) is 54.6 Å². The molecule has 0 bridgehead atoms. The molecule has 154 valence electrons. The Morgan fingerprint density at radius 3 is 2.31 bits per heavy atom. The van der Waals surface area contributed by atoms with E-state index in [4.69, 9.17) is 0 Å². The van der Waals surface area contributed by atoms with Gasteiger partial charge in [-0.2, -0.15) is 4.31 Å². The van der Waals surface area contributed by atoms with Crippen LogP contribution in [0.1, 0.15) is 27.9 Å². The molecule has 1 saturated heterocycles. The maximum Gasteiger partial charge on any atom is 0.272 e. The summed E-state index contributed by atoms with van der Waals surface area (Å²) in [5, 5.41) is 11.0. The lowest BCUT2D eigenvalue weighted by Crippen LogP contribution is -2.37. The summed E-state index contributed by atoms with van der Waals surface area (Å²) in [5.41, 5.74) is 1.73. The number of aryl methyl sites for hydroxylation is 2. The maximum atomic E-state index is 12.9. The van der Waals surface area contributed by atoms with Gasteiger partial charge in [-0.15, -0.1) is 0 Å². The molecule has 1 fully saturated rings. The largest absolute Gasteiger partial charge is 0.337 e. The minimum absolute atomic E-state index is 0.0345. The van der Waals surface area contributed by atoms with Crippen molar-refractivity contribution in [2.24, 2.45) is 0 Å². The highest BCUT2D eigenvalue weighted by Crippen LogP contribution is 2.22. The van der Waals surface area contributed by atoms with Gasteiger partial charge in [0.2, 0.25) is 10.0 Å². The summed E-state index contributed by atoms with van der Waals surface area (Å²) in [5.74, 6) is -0.252. The molecule has 0 atom stereocenters. The lowest BCUT2D eigenvalue weighted by atomic mass is 10.1. The first kappa shape index (κ1) is 20.9. The van der Waals surface area contributed by atoms with E-state index in [0.717, 1.165) is 5.56 Å². The number of nitro benzene ring substituents is 1. The van der Waals surface area contributed by atoms with Gasteiger partial charge in [-0.1, -0.05) is 17.7 Å². The summed E-state index contributed by atoms with van der Waals surface area (Å²) in [6.07, 6.45) is 0.517. The van der Waals surface area contributed by atoms with Crippen LogP contribution < -0.4 is 0 Å². The number of hydrogen-bond donors (Lipinski definition) is 0. The van der Waals surface area contributed by atoms with E-state index in [1.54, 1.807) is 36.1 Å². The van der Waals surface area contributed by atoms with Gasteiger partial charge in [-0.3, -0.25) is 14.9 Å². The first-order valence-electron chi connectivity index (χ1n) is 9.31. The summed E-state index contributed by atoms with van der Waals surface area (Å²) in [6.45, 7) is 4.71. The second kappa shape index (κ2) is 8.30. The monoisotopic (exact) mass is 417 g/mol. The SMILES string of the molecule is Cc1ccc(S(=O)(=O)N2CCCN(C(=O)c3ccc([N+](=O)[O-])c(C)c3)CC2)cc1. The van der Waals surface area contributed by atoms with Crippen molar-refractivity contribution in [1.29, 1.82) is 0 Å². The average Bonchev–Trinajstić information content (AvgIpc) is 2.94. The van der Waals surface area contributed by atoms with Crippen molar-refractivity contribution in [2.75, 3.05) is 26.2 Å². The van der Waals surface area contributed by atoms with Crippen LogP contribution in [0.4, 0.5) is 5.69 Å². The van der Waals surface area contributed by atoms with Crippen molar-refractivity contribution >= 4 is 21.6 Å². The highest BCUT2D eigenvalue weighted by Gasteiger charge is 2.28. The summed E-state index contributed by atoms with van der Waals surface area (Å²) in [6, 6.07) is 11.0. The second-order valence-corrected chi connectivity index (χ2v) is 9.06. The summed E-state index contributed by atoms with van der Waals surface area (Å²) < 4.78 is 27.2. The van der Waals surface area contributed by atoms with Crippen LogP contribution >= 0.6 is 0 Å². The third-order valence-electron chi connectivity index (χ3n) is 5.04. The molecule has 3 rings (SSSR count). The van der Waals surface area contributed by atoms with Gasteiger partial charge in [0.15, 0.2) is 0 Å². The number of nitrogens with zero attached hydrogens (tertiary/aromatic N) is 3. The molecule has 2 aromatic carbocycles. The quantitative estimate of drug-likeness (QED) is 0.562. The molecule has 1 amide bonds. The van der Waals surface area contributed by atoms with Crippen LogP contribution in [0, 0.1) is 24.0 Å². The number of hydrogen-bond acceptors (Lipinski definition) is 5. The first-order valence-corrected chi connectivity index (χ1v) is 10.8. The topological polar surface area (TPSA) is 101 Å². The predicted molar refractivity (Wildman–Crippen MR) is 108 cm³/mol. The van der Waals surface area contributed by atoms with Gasteiger partial charge in [-0.05, 0) is 44.5 Å². The van der Waals surface area contributed by atoms with Crippen LogP contribution in [0.3, 0.4) is 0 Å². The molecular weight excluding hydrogens is 394 g/mol. The number of carbonyl (C=O) groups excluding carboxylic acids is 1. The Labute approximate surface area is 169 Å². The molecule has 0 radical (unpaired) electrons. The van der Waals surface area contributed by atoms with Gasteiger partial charge < -0.3 is 4.90 Å². The highest BCUT2D eigenvalue weighted by molar-refractivity contribution is 7.89. The maximum absolute atomic E-state index is 12.9. The van der Waals surface area contributed by atoms with Crippen LogP contribution in [0.25, 0.3) is 0 Å². The predicted octanol–water partition coefficient (Wildman–Crippen LogP) is 2.75. The molecule has 0 saturated carbocycles. The van der Waals surface area contributed by atoms with Crippen molar-refractivity contribution in [3.05, 3.63) is 69.3 Å². The van der Waals surface area contributed by atoms with Gasteiger partial charge in [0.1, 0.15) is 0 Å². The molecule has 1 heterocycles. The van der Waals surface area contributed by atoms with Crippen LogP contribution in [0.15, 0.2) is 47.4 Å². The summed E-state index contributed by atoms with van der Waals surface area (Å²) >= 11 is 0. The molecule has 0 N–H and O–H groups in total.